The van der Waals surface area contributed by atoms with Gasteiger partial charge < -0.3 is 9.64 Å². The van der Waals surface area contributed by atoms with E-state index < -0.39 is 11.7 Å². The first kappa shape index (κ1) is 21.2. The molecule has 0 N–H and O–H groups in total. The first-order valence-electron chi connectivity index (χ1n) is 11.1. The molecule has 6 nitrogen and oxygen atoms in total. The molecule has 5 rings (SSSR count). The minimum absolute atomic E-state index is 0.0512. The Morgan fingerprint density at radius 2 is 1.94 bits per heavy atom. The number of halogens is 3. The second kappa shape index (κ2) is 8.35. The van der Waals surface area contributed by atoms with Crippen molar-refractivity contribution < 1.29 is 22.7 Å². The fourth-order valence-electron chi connectivity index (χ4n) is 4.64. The Morgan fingerprint density at radius 3 is 2.66 bits per heavy atom. The third-order valence-corrected chi connectivity index (χ3v) is 6.45. The lowest BCUT2D eigenvalue weighted by atomic mass is 10.1. The molecule has 0 spiro atoms. The molecule has 32 heavy (non-hydrogen) atoms. The van der Waals surface area contributed by atoms with Gasteiger partial charge in [-0.1, -0.05) is 6.07 Å². The second-order valence-electron chi connectivity index (χ2n) is 8.86. The van der Waals surface area contributed by atoms with Crippen molar-refractivity contribution in [2.45, 2.75) is 49.9 Å². The zero-order valence-electron chi connectivity index (χ0n) is 17.6. The number of ether oxygens (including phenoxy) is 1. The molecule has 1 aromatic heterocycles. The monoisotopic (exact) mass is 446 g/mol. The van der Waals surface area contributed by atoms with Crippen molar-refractivity contribution in [3.05, 3.63) is 53.5 Å². The van der Waals surface area contributed by atoms with Crippen LogP contribution in [-0.2, 0) is 6.18 Å². The van der Waals surface area contributed by atoms with Crippen molar-refractivity contribution in [1.29, 1.82) is 0 Å². The summed E-state index contributed by atoms with van der Waals surface area (Å²) in [6, 6.07) is 4.77. The number of carbonyl (C=O) groups is 1. The van der Waals surface area contributed by atoms with E-state index in [1.165, 1.54) is 25.0 Å². The van der Waals surface area contributed by atoms with Crippen LogP contribution in [0.15, 0.2) is 36.7 Å². The SMILES string of the molecule is O=C(c1cccc(C(F)(F)F)c1)N1CCCN2CC(Oc3cnc(C4CC4)cn3)CC2C1. The number of hydrogen-bond acceptors (Lipinski definition) is 5. The molecule has 3 fully saturated rings. The van der Waals surface area contributed by atoms with Crippen LogP contribution in [0.1, 0.15) is 53.2 Å². The standard InChI is InChI=1S/C23H25F3N4O2/c24-23(25,26)17-4-1-3-16(9-17)22(31)30-8-2-7-29-14-19(10-18(29)13-30)32-21-12-27-20(11-28-21)15-5-6-15/h1,3-4,9,11-12,15,18-19H,2,5-8,10,13-14H2. The van der Waals surface area contributed by atoms with Crippen molar-refractivity contribution in [2.75, 3.05) is 26.2 Å². The summed E-state index contributed by atoms with van der Waals surface area (Å²) >= 11 is 0. The number of rotatable bonds is 4. The van der Waals surface area contributed by atoms with Gasteiger partial charge in [0.15, 0.2) is 0 Å². The van der Waals surface area contributed by atoms with E-state index in [4.69, 9.17) is 4.74 Å². The van der Waals surface area contributed by atoms with Gasteiger partial charge in [-0.25, -0.2) is 4.98 Å². The maximum atomic E-state index is 13.0. The molecular formula is C23H25F3N4O2. The zero-order valence-corrected chi connectivity index (χ0v) is 17.6. The summed E-state index contributed by atoms with van der Waals surface area (Å²) in [5.41, 5.74) is 0.287. The van der Waals surface area contributed by atoms with E-state index in [9.17, 15) is 18.0 Å². The molecule has 2 aliphatic heterocycles. The number of alkyl halides is 3. The van der Waals surface area contributed by atoms with Gasteiger partial charge in [0.05, 0.1) is 23.7 Å². The second-order valence-corrected chi connectivity index (χ2v) is 8.86. The maximum absolute atomic E-state index is 13.0. The number of hydrogen-bond donors (Lipinski definition) is 0. The predicted octanol–water partition coefficient (Wildman–Crippen LogP) is 3.74. The lowest BCUT2D eigenvalue weighted by molar-refractivity contribution is -0.137. The Bertz CT molecular complexity index is 978. The van der Waals surface area contributed by atoms with Gasteiger partial charge in [-0.3, -0.25) is 14.7 Å². The van der Waals surface area contributed by atoms with E-state index in [1.807, 2.05) is 0 Å². The van der Waals surface area contributed by atoms with Crippen molar-refractivity contribution in [3.63, 3.8) is 0 Å². The quantitative estimate of drug-likeness (QED) is 0.716. The summed E-state index contributed by atoms with van der Waals surface area (Å²) in [4.78, 5) is 25.8. The topological polar surface area (TPSA) is 58.6 Å². The number of amides is 1. The van der Waals surface area contributed by atoms with Gasteiger partial charge in [0.1, 0.15) is 6.10 Å². The Labute approximate surface area is 184 Å². The van der Waals surface area contributed by atoms with Crippen LogP contribution in [0, 0.1) is 0 Å². The first-order chi connectivity index (χ1) is 15.4. The van der Waals surface area contributed by atoms with Gasteiger partial charge in [0, 0.05) is 50.1 Å². The van der Waals surface area contributed by atoms with Crippen LogP contribution in [-0.4, -0.2) is 64.0 Å². The van der Waals surface area contributed by atoms with Crippen LogP contribution >= 0.6 is 0 Å². The molecule has 2 unspecified atom stereocenters. The van der Waals surface area contributed by atoms with E-state index in [0.29, 0.717) is 24.9 Å². The highest BCUT2D eigenvalue weighted by molar-refractivity contribution is 5.94. The van der Waals surface area contributed by atoms with Crippen LogP contribution in [0.2, 0.25) is 0 Å². The highest BCUT2D eigenvalue weighted by atomic mass is 19.4. The molecule has 9 heteroatoms. The number of nitrogens with zero attached hydrogens (tertiary/aromatic N) is 4. The van der Waals surface area contributed by atoms with Crippen LogP contribution in [0.25, 0.3) is 0 Å². The van der Waals surface area contributed by atoms with Gasteiger partial charge in [0.25, 0.3) is 5.91 Å². The first-order valence-corrected chi connectivity index (χ1v) is 11.1. The maximum Gasteiger partial charge on any atom is 0.416 e. The molecule has 1 aliphatic carbocycles. The molecule has 170 valence electrons. The zero-order chi connectivity index (χ0) is 22.3. The molecule has 0 bridgehead atoms. The van der Waals surface area contributed by atoms with E-state index in [1.54, 1.807) is 17.3 Å². The largest absolute Gasteiger partial charge is 0.472 e. The van der Waals surface area contributed by atoms with Crippen LogP contribution in [0.3, 0.4) is 0 Å². The van der Waals surface area contributed by atoms with Crippen molar-refractivity contribution in [3.8, 4) is 5.88 Å². The average molecular weight is 446 g/mol. The smallest absolute Gasteiger partial charge is 0.416 e. The number of aromatic nitrogens is 2. The number of fused-ring (bicyclic) bond motifs is 1. The van der Waals surface area contributed by atoms with Crippen LogP contribution in [0.5, 0.6) is 5.88 Å². The third-order valence-electron chi connectivity index (χ3n) is 6.45. The van der Waals surface area contributed by atoms with Gasteiger partial charge >= 0.3 is 6.18 Å². The Morgan fingerprint density at radius 1 is 1.09 bits per heavy atom. The summed E-state index contributed by atoms with van der Waals surface area (Å²) < 4.78 is 45.2. The van der Waals surface area contributed by atoms with Crippen molar-refractivity contribution in [2.24, 2.45) is 0 Å². The minimum Gasteiger partial charge on any atom is -0.472 e. The fraction of sp³-hybridized carbons (Fsp3) is 0.522. The van der Waals surface area contributed by atoms with E-state index in [2.05, 4.69) is 14.9 Å². The van der Waals surface area contributed by atoms with Crippen LogP contribution in [0.4, 0.5) is 13.2 Å². The third kappa shape index (κ3) is 4.57. The number of carbonyl (C=O) groups excluding carboxylic acids is 1. The number of benzene rings is 1. The molecule has 0 radical (unpaired) electrons. The predicted molar refractivity (Wildman–Crippen MR) is 110 cm³/mol. The Balaban J connectivity index is 1.23. The van der Waals surface area contributed by atoms with Gasteiger partial charge in [0.2, 0.25) is 5.88 Å². The molecule has 2 saturated heterocycles. The molecule has 1 aromatic carbocycles. The normalized spacial score (nSPS) is 24.2. The highest BCUT2D eigenvalue weighted by Crippen LogP contribution is 2.38. The summed E-state index contributed by atoms with van der Waals surface area (Å²) in [6.07, 6.45) is 2.79. The van der Waals surface area contributed by atoms with Crippen molar-refractivity contribution >= 4 is 5.91 Å². The van der Waals surface area contributed by atoms with E-state index in [0.717, 1.165) is 43.8 Å². The molecule has 3 heterocycles. The van der Waals surface area contributed by atoms with Gasteiger partial charge in [-0.2, -0.15) is 13.2 Å². The highest BCUT2D eigenvalue weighted by Gasteiger charge is 2.38. The summed E-state index contributed by atoms with van der Waals surface area (Å²) in [6.45, 7) is 2.56. The van der Waals surface area contributed by atoms with Gasteiger partial charge in [-0.15, -0.1) is 0 Å². The molecule has 2 atom stereocenters. The van der Waals surface area contributed by atoms with Crippen LogP contribution < -0.4 is 4.74 Å². The molecule has 1 saturated carbocycles. The molecule has 1 amide bonds. The Kier molecular flexibility index (Phi) is 5.53. The van der Waals surface area contributed by atoms with Crippen molar-refractivity contribution in [1.82, 2.24) is 19.8 Å². The molecular weight excluding hydrogens is 421 g/mol. The molecule has 3 aliphatic rings. The summed E-state index contributed by atoms with van der Waals surface area (Å²) in [5.74, 6) is 0.693. The summed E-state index contributed by atoms with van der Waals surface area (Å²) in [7, 11) is 0. The lowest BCUT2D eigenvalue weighted by Gasteiger charge is -2.25. The van der Waals surface area contributed by atoms with Gasteiger partial charge in [-0.05, 0) is 37.5 Å². The molecule has 2 aromatic rings. The minimum atomic E-state index is -4.47. The Hall–Kier alpha value is -2.68. The fourth-order valence-corrected chi connectivity index (χ4v) is 4.64. The average Bonchev–Trinajstić information content (AvgIpc) is 3.58. The van der Waals surface area contributed by atoms with E-state index in [-0.39, 0.29) is 23.6 Å². The lowest BCUT2D eigenvalue weighted by Crippen LogP contribution is -2.39. The summed E-state index contributed by atoms with van der Waals surface area (Å²) in [5, 5.41) is 0. The van der Waals surface area contributed by atoms with E-state index >= 15 is 0 Å².